The molecule has 1 atom stereocenters. The number of morpholine rings is 1. The van der Waals surface area contributed by atoms with Gasteiger partial charge in [-0.25, -0.2) is 8.42 Å². The van der Waals surface area contributed by atoms with Crippen molar-refractivity contribution in [1.29, 1.82) is 0 Å². The number of rotatable bonds is 6. The number of likely N-dealkylation sites (tertiary alicyclic amines) is 1. The topological polar surface area (TPSA) is 92.2 Å². The zero-order valence-corrected chi connectivity index (χ0v) is 26.3. The summed E-state index contributed by atoms with van der Waals surface area (Å²) in [5.74, 6) is -0.0961. The van der Waals surface area contributed by atoms with Crippen LogP contribution < -0.4 is 4.90 Å². The molecular weight excluding hydrogens is 620 g/mol. The Morgan fingerprint density at radius 2 is 1.88 bits per heavy atom. The van der Waals surface area contributed by atoms with Crippen molar-refractivity contribution in [2.24, 2.45) is 0 Å². The van der Waals surface area contributed by atoms with Crippen LogP contribution in [0.4, 0.5) is 5.69 Å². The highest BCUT2D eigenvalue weighted by atomic mass is 79.9. The van der Waals surface area contributed by atoms with Gasteiger partial charge in [0.25, 0.3) is 5.91 Å². The fraction of sp³-hybridized carbons (Fsp3) is 0.419. The number of fused-ring (bicyclic) bond motifs is 2. The number of likely N-dealkylation sites (N-methyl/N-ethyl adjacent to an activating group) is 1. The third-order valence-corrected chi connectivity index (χ3v) is 10.9. The molecule has 0 aliphatic carbocycles. The van der Waals surface area contributed by atoms with Crippen molar-refractivity contribution in [2.45, 2.75) is 50.6 Å². The number of piperidine rings is 1. The number of carbonyl (C=O) groups is 2. The molecular formula is C31H35BrN4O5S. The van der Waals surface area contributed by atoms with Gasteiger partial charge in [0.05, 0.1) is 23.8 Å². The van der Waals surface area contributed by atoms with Crippen LogP contribution in [0.3, 0.4) is 0 Å². The number of hydrogen-bond acceptors (Lipinski definition) is 5. The summed E-state index contributed by atoms with van der Waals surface area (Å²) in [7, 11) is -3.74. The fourth-order valence-electron chi connectivity index (χ4n) is 6.29. The summed E-state index contributed by atoms with van der Waals surface area (Å²) in [6.45, 7) is 6.75. The zero-order valence-electron chi connectivity index (χ0n) is 23.9. The summed E-state index contributed by atoms with van der Waals surface area (Å²) in [5, 5.41) is 0.901. The molecule has 6 rings (SSSR count). The highest BCUT2D eigenvalue weighted by Gasteiger charge is 2.35. The van der Waals surface area contributed by atoms with Crippen molar-refractivity contribution in [1.82, 2.24) is 13.8 Å². The van der Waals surface area contributed by atoms with E-state index in [1.54, 1.807) is 23.1 Å². The van der Waals surface area contributed by atoms with Gasteiger partial charge in [0.2, 0.25) is 15.9 Å². The maximum atomic E-state index is 13.7. The summed E-state index contributed by atoms with van der Waals surface area (Å²) in [4.78, 5) is 30.8. The minimum atomic E-state index is -3.74. The van der Waals surface area contributed by atoms with Crippen molar-refractivity contribution < 1.29 is 22.7 Å². The van der Waals surface area contributed by atoms with E-state index in [9.17, 15) is 18.0 Å². The molecule has 0 radical (unpaired) electrons. The van der Waals surface area contributed by atoms with Gasteiger partial charge in [-0.1, -0.05) is 15.9 Å². The largest absolute Gasteiger partial charge is 0.379 e. The van der Waals surface area contributed by atoms with Crippen LogP contribution >= 0.6 is 15.9 Å². The highest BCUT2D eigenvalue weighted by molar-refractivity contribution is 9.10. The number of carbonyl (C=O) groups excluding carboxylic acids is 2. The van der Waals surface area contributed by atoms with Gasteiger partial charge in [-0.05, 0) is 75.6 Å². The van der Waals surface area contributed by atoms with Crippen LogP contribution in [0.2, 0.25) is 0 Å². The van der Waals surface area contributed by atoms with E-state index in [4.69, 9.17) is 4.74 Å². The van der Waals surface area contributed by atoms with Gasteiger partial charge in [0, 0.05) is 70.5 Å². The molecule has 2 amide bonds. The van der Waals surface area contributed by atoms with Crippen molar-refractivity contribution in [3.63, 3.8) is 0 Å². The highest BCUT2D eigenvalue weighted by Crippen LogP contribution is 2.40. The first-order chi connectivity index (χ1) is 20.2. The van der Waals surface area contributed by atoms with Crippen molar-refractivity contribution in [3.05, 3.63) is 58.2 Å². The molecule has 4 heterocycles. The Morgan fingerprint density at radius 3 is 2.62 bits per heavy atom. The lowest BCUT2D eigenvalue weighted by molar-refractivity contribution is -0.135. The Labute approximate surface area is 254 Å². The summed E-state index contributed by atoms with van der Waals surface area (Å²) < 4.78 is 36.5. The number of anilines is 1. The first-order valence-electron chi connectivity index (χ1n) is 14.5. The van der Waals surface area contributed by atoms with Gasteiger partial charge in [-0.15, -0.1) is 0 Å². The predicted octanol–water partition coefficient (Wildman–Crippen LogP) is 4.73. The lowest BCUT2D eigenvalue weighted by Crippen LogP contribution is -2.43. The molecule has 0 N–H and O–H groups in total. The van der Waals surface area contributed by atoms with Gasteiger partial charge in [-0.3, -0.25) is 9.59 Å². The first kappa shape index (κ1) is 29.1. The van der Waals surface area contributed by atoms with Crippen LogP contribution in [0, 0.1) is 0 Å². The molecule has 2 aromatic carbocycles. The van der Waals surface area contributed by atoms with E-state index >= 15 is 0 Å². The quantitative estimate of drug-likeness (QED) is 0.358. The molecule has 2 fully saturated rings. The van der Waals surface area contributed by atoms with Gasteiger partial charge in [-0.2, -0.15) is 4.31 Å². The minimum Gasteiger partial charge on any atom is -0.379 e. The van der Waals surface area contributed by atoms with Crippen LogP contribution in [0.1, 0.15) is 44.2 Å². The lowest BCUT2D eigenvalue weighted by Gasteiger charge is -2.33. The van der Waals surface area contributed by atoms with Gasteiger partial charge >= 0.3 is 0 Å². The van der Waals surface area contributed by atoms with E-state index in [2.05, 4.69) is 22.9 Å². The predicted molar refractivity (Wildman–Crippen MR) is 167 cm³/mol. The van der Waals surface area contributed by atoms with Crippen LogP contribution in [-0.4, -0.2) is 79.4 Å². The molecule has 222 valence electrons. The van der Waals surface area contributed by atoms with E-state index in [1.165, 1.54) is 4.31 Å². The summed E-state index contributed by atoms with van der Waals surface area (Å²) in [5.41, 5.74) is 3.39. The van der Waals surface area contributed by atoms with E-state index in [1.807, 2.05) is 46.9 Å². The molecule has 1 aromatic heterocycles. The number of hydrogen-bond donors (Lipinski definition) is 0. The molecule has 9 nitrogen and oxygen atoms in total. The number of benzene rings is 2. The monoisotopic (exact) mass is 654 g/mol. The van der Waals surface area contributed by atoms with E-state index < -0.39 is 10.0 Å². The third kappa shape index (κ3) is 5.21. The van der Waals surface area contributed by atoms with Crippen LogP contribution in [0.5, 0.6) is 0 Å². The smallest absolute Gasteiger partial charge is 0.258 e. The number of halogens is 1. The molecule has 0 bridgehead atoms. The second-order valence-electron chi connectivity index (χ2n) is 11.1. The molecule has 11 heteroatoms. The normalized spacial score (nSPS) is 21.0. The molecule has 2 saturated heterocycles. The third-order valence-electron chi connectivity index (χ3n) is 8.55. The second-order valence-corrected chi connectivity index (χ2v) is 14.0. The summed E-state index contributed by atoms with van der Waals surface area (Å²) in [6.07, 6.45) is 6.93. The number of nitrogens with zero attached hydrogens (tertiary/aromatic N) is 4. The minimum absolute atomic E-state index is 0.0821. The van der Waals surface area contributed by atoms with Gasteiger partial charge < -0.3 is 19.1 Å². The Morgan fingerprint density at radius 1 is 1.10 bits per heavy atom. The lowest BCUT2D eigenvalue weighted by atomic mass is 10.0. The standard InChI is InChI=1S/C31H35BrN4O5S/c1-3-35-29-10-8-24(42(39,40)34-12-14-41-15-13-34)18-26(29)27(31(35)38)16-22-19-33(28-9-7-23(32)17-25(22)28)20-30(37)36-11-5-4-6-21(36)2/h7-10,16-19,21H,3-6,11-15,20H2,1-2H3/b27-16-/t21-/m1/s1. The van der Waals surface area contributed by atoms with Crippen molar-refractivity contribution in [2.75, 3.05) is 44.3 Å². The number of sulfonamides is 1. The van der Waals surface area contributed by atoms with Gasteiger partial charge in [0.15, 0.2) is 0 Å². The molecule has 3 aliphatic rings. The molecule has 3 aromatic rings. The van der Waals surface area contributed by atoms with Gasteiger partial charge in [0.1, 0.15) is 6.54 Å². The van der Waals surface area contributed by atoms with E-state index in [0.717, 1.165) is 46.7 Å². The average molecular weight is 656 g/mol. The van der Waals surface area contributed by atoms with E-state index in [-0.39, 0.29) is 29.3 Å². The summed E-state index contributed by atoms with van der Waals surface area (Å²) >= 11 is 3.58. The first-order valence-corrected chi connectivity index (χ1v) is 16.8. The second kappa shape index (κ2) is 11.6. The summed E-state index contributed by atoms with van der Waals surface area (Å²) in [6, 6.07) is 11.1. The maximum absolute atomic E-state index is 13.7. The van der Waals surface area contributed by atoms with E-state index in [0.29, 0.717) is 49.7 Å². The fourth-order valence-corrected chi connectivity index (χ4v) is 8.09. The van der Waals surface area contributed by atoms with Crippen LogP contribution in [-0.2, 0) is 30.9 Å². The molecule has 0 spiro atoms. The van der Waals surface area contributed by atoms with Crippen molar-refractivity contribution in [3.8, 4) is 0 Å². The van der Waals surface area contributed by atoms with Crippen LogP contribution in [0.25, 0.3) is 22.6 Å². The Balaban J connectivity index is 1.42. The zero-order chi connectivity index (χ0) is 29.6. The number of amides is 2. The Bertz CT molecular complexity index is 1690. The molecule has 3 aliphatic heterocycles. The number of aromatic nitrogens is 1. The molecule has 0 saturated carbocycles. The molecule has 0 unspecified atom stereocenters. The Hall–Kier alpha value is -2.99. The number of ether oxygens (including phenoxy) is 1. The maximum Gasteiger partial charge on any atom is 0.258 e. The van der Waals surface area contributed by atoms with Crippen LogP contribution in [0.15, 0.2) is 52.0 Å². The molecule has 42 heavy (non-hydrogen) atoms. The SMILES string of the molecule is CCN1C(=O)/C(=C\c2cn(CC(=O)N3CCCC[C@H]3C)c3ccc(Br)cc23)c2cc(S(=O)(=O)N3CCOCC3)ccc21. The average Bonchev–Trinajstić information content (AvgIpc) is 3.46. The van der Waals surface area contributed by atoms with Crippen molar-refractivity contribution >= 4 is 66.0 Å². The Kier molecular flexibility index (Phi) is 8.03.